The fraction of sp³-hybridized carbons (Fsp3) is 0.947. The lowest BCUT2D eigenvalue weighted by molar-refractivity contribution is -0.128. The first-order chi connectivity index (χ1) is 15.5. The lowest BCUT2D eigenvalue weighted by Crippen LogP contribution is -2.65. The zero-order valence-corrected chi connectivity index (χ0v) is 18.5. The second kappa shape index (κ2) is 9.70. The van der Waals surface area contributed by atoms with Crippen molar-refractivity contribution in [3.8, 4) is 0 Å². The topological polar surface area (TPSA) is 136 Å². The fourth-order valence-electron chi connectivity index (χ4n) is 5.53. The maximum Gasteiger partial charge on any atom is 0.226 e. The Kier molecular flexibility index (Phi) is 6.90. The van der Waals surface area contributed by atoms with E-state index in [2.05, 4.69) is 42.0 Å². The number of amides is 1. The predicted molar refractivity (Wildman–Crippen MR) is 115 cm³/mol. The van der Waals surface area contributed by atoms with Gasteiger partial charge in [0.1, 0.15) is 12.4 Å². The number of hydrogen-bond acceptors (Lipinski definition) is 10. The number of halogens is 1. The number of ether oxygens (including phenoxy) is 1. The molecule has 0 aromatic heterocycles. The number of nitrogens with one attached hydrogen (secondary N) is 5. The third-order valence-corrected chi connectivity index (χ3v) is 7.21. The summed E-state index contributed by atoms with van der Waals surface area (Å²) in [4.78, 5) is 18.0. The number of hydrogen-bond donors (Lipinski definition) is 6. The van der Waals surface area contributed by atoms with Gasteiger partial charge in [0.15, 0.2) is 6.35 Å². The molecule has 5 rings (SSSR count). The second-order valence-electron chi connectivity index (χ2n) is 9.37. The molecule has 0 bridgehead atoms. The van der Waals surface area contributed by atoms with Crippen molar-refractivity contribution in [2.45, 2.75) is 56.5 Å². The highest BCUT2D eigenvalue weighted by Crippen LogP contribution is 2.31. The molecule has 13 heteroatoms. The Balaban J connectivity index is 1.18. The molecule has 0 radical (unpaired) electrons. The Morgan fingerprint density at radius 2 is 1.97 bits per heavy atom. The molecule has 182 valence electrons. The summed E-state index contributed by atoms with van der Waals surface area (Å²) in [7, 11) is 0. The molecule has 8 unspecified atom stereocenters. The largest absolute Gasteiger partial charge is 0.578 e. The normalized spacial score (nSPS) is 44.5. The highest BCUT2D eigenvalue weighted by molar-refractivity contribution is 5.81. The number of carbonyl (C=O) groups is 1. The zero-order valence-electron chi connectivity index (χ0n) is 18.5. The minimum Gasteiger partial charge on any atom is -0.578 e. The number of nitrogens with zero attached hydrogens (tertiary/aromatic N) is 4. The summed E-state index contributed by atoms with van der Waals surface area (Å²) in [6, 6.07) is 0.251. The third kappa shape index (κ3) is 4.64. The van der Waals surface area contributed by atoms with Crippen LogP contribution in [0.4, 0.5) is 4.39 Å². The van der Waals surface area contributed by atoms with E-state index in [1.165, 1.54) is 0 Å². The van der Waals surface area contributed by atoms with Crippen molar-refractivity contribution in [2.75, 3.05) is 52.4 Å². The molecular weight excluding hydrogens is 419 g/mol. The molecule has 5 fully saturated rings. The van der Waals surface area contributed by atoms with Gasteiger partial charge < -0.3 is 31.5 Å². The molecule has 0 spiro atoms. The Morgan fingerprint density at radius 1 is 1.19 bits per heavy atom. The molecule has 5 aliphatic heterocycles. The van der Waals surface area contributed by atoms with Gasteiger partial charge in [-0.2, -0.15) is 0 Å². The van der Waals surface area contributed by atoms with Crippen molar-refractivity contribution >= 4 is 5.91 Å². The molecule has 5 aliphatic rings. The number of piperidine rings is 1. The SMILES string of the molecule is CC1NNC(N2CCN(C3CCNCC3NC(=O)C3C(N)[N-]N4CC(F)CNC34)CC2)O1. The Labute approximate surface area is 188 Å². The van der Waals surface area contributed by atoms with E-state index < -0.39 is 18.3 Å². The van der Waals surface area contributed by atoms with Crippen LogP contribution in [0.1, 0.15) is 13.3 Å². The van der Waals surface area contributed by atoms with Gasteiger partial charge in [-0.15, -0.1) is 0 Å². The van der Waals surface area contributed by atoms with Crippen molar-refractivity contribution in [1.29, 1.82) is 0 Å². The first kappa shape index (κ1) is 22.8. The summed E-state index contributed by atoms with van der Waals surface area (Å²) in [5, 5.41) is 11.4. The third-order valence-electron chi connectivity index (χ3n) is 7.21. The van der Waals surface area contributed by atoms with Crippen LogP contribution in [0.2, 0.25) is 0 Å². The van der Waals surface area contributed by atoms with Gasteiger partial charge in [0.2, 0.25) is 5.91 Å². The summed E-state index contributed by atoms with van der Waals surface area (Å²) < 4.78 is 19.6. The molecule has 32 heavy (non-hydrogen) atoms. The minimum atomic E-state index is -1.00. The van der Waals surface area contributed by atoms with Crippen molar-refractivity contribution < 1.29 is 13.9 Å². The summed E-state index contributed by atoms with van der Waals surface area (Å²) in [5.41, 5.74) is 16.7. The summed E-state index contributed by atoms with van der Waals surface area (Å²) in [6.07, 6.45) is -1.13. The van der Waals surface area contributed by atoms with Crippen molar-refractivity contribution in [1.82, 2.24) is 41.6 Å². The van der Waals surface area contributed by atoms with Gasteiger partial charge in [0, 0.05) is 51.9 Å². The van der Waals surface area contributed by atoms with Crippen LogP contribution in [0.15, 0.2) is 0 Å². The Bertz CT molecular complexity index is 668. The van der Waals surface area contributed by atoms with Gasteiger partial charge in [-0.05, 0) is 19.9 Å². The Hall–Kier alpha value is -1.00. The van der Waals surface area contributed by atoms with Crippen LogP contribution in [-0.4, -0.2) is 116 Å². The van der Waals surface area contributed by atoms with E-state index in [0.717, 1.165) is 45.7 Å². The van der Waals surface area contributed by atoms with E-state index in [1.54, 1.807) is 5.01 Å². The van der Waals surface area contributed by atoms with Crippen LogP contribution in [0.3, 0.4) is 0 Å². The summed E-state index contributed by atoms with van der Waals surface area (Å²) in [6.45, 7) is 7.66. The van der Waals surface area contributed by atoms with Crippen molar-refractivity contribution in [3.05, 3.63) is 5.43 Å². The van der Waals surface area contributed by atoms with Crippen LogP contribution in [-0.2, 0) is 9.53 Å². The molecule has 0 aromatic carbocycles. The van der Waals surface area contributed by atoms with Gasteiger partial charge in [-0.3, -0.25) is 19.9 Å². The van der Waals surface area contributed by atoms with E-state index in [-0.39, 0.29) is 49.8 Å². The number of rotatable bonds is 4. The highest BCUT2D eigenvalue weighted by Gasteiger charge is 2.42. The maximum atomic E-state index is 13.7. The fourth-order valence-corrected chi connectivity index (χ4v) is 5.53. The number of nitrogens with two attached hydrogens (primary N) is 1. The van der Waals surface area contributed by atoms with Crippen LogP contribution in [0.25, 0.3) is 5.43 Å². The molecule has 0 aromatic rings. The second-order valence-corrected chi connectivity index (χ2v) is 9.37. The van der Waals surface area contributed by atoms with Crippen LogP contribution < -0.4 is 32.5 Å². The van der Waals surface area contributed by atoms with Gasteiger partial charge in [0.05, 0.1) is 18.1 Å². The highest BCUT2D eigenvalue weighted by atomic mass is 19.1. The molecule has 5 heterocycles. The van der Waals surface area contributed by atoms with Crippen LogP contribution in [0.5, 0.6) is 0 Å². The first-order valence-corrected chi connectivity index (χ1v) is 11.8. The standard InChI is InChI=1S/C19H36FN10O2/c1-11-25-26-19(32-11)29-6-4-28(5-7-29)14-2-3-22-9-13(14)24-18(31)15-16(21)27-30-10-12(20)8-23-17(15)30/h11-17,19,22-23,25-26H,2-10,21H2,1H3,(H,24,31)/q-1. The molecule has 5 saturated heterocycles. The van der Waals surface area contributed by atoms with Crippen LogP contribution >= 0.6 is 0 Å². The molecule has 12 nitrogen and oxygen atoms in total. The van der Waals surface area contributed by atoms with Gasteiger partial charge >= 0.3 is 0 Å². The number of piperazine rings is 1. The number of alkyl halides is 1. The maximum absolute atomic E-state index is 13.7. The number of fused-ring (bicyclic) bond motifs is 1. The smallest absolute Gasteiger partial charge is 0.226 e. The summed E-state index contributed by atoms with van der Waals surface area (Å²) in [5.74, 6) is -0.637. The van der Waals surface area contributed by atoms with Crippen LogP contribution in [0, 0.1) is 5.92 Å². The quantitative estimate of drug-likeness (QED) is 0.260. The lowest BCUT2D eigenvalue weighted by atomic mass is 9.95. The first-order valence-electron chi connectivity index (χ1n) is 11.8. The summed E-state index contributed by atoms with van der Waals surface area (Å²) >= 11 is 0. The lowest BCUT2D eigenvalue weighted by Gasteiger charge is -2.45. The van der Waals surface area contributed by atoms with Gasteiger partial charge in [-0.25, -0.2) is 15.2 Å². The van der Waals surface area contributed by atoms with E-state index in [0.29, 0.717) is 0 Å². The molecular formula is C19H36FN10O2-. The molecule has 1 amide bonds. The van der Waals surface area contributed by atoms with E-state index >= 15 is 0 Å². The van der Waals surface area contributed by atoms with Gasteiger partial charge in [-0.1, -0.05) is 6.17 Å². The number of hydrazine groups is 1. The van der Waals surface area contributed by atoms with Crippen molar-refractivity contribution in [2.24, 2.45) is 11.7 Å². The molecule has 7 N–H and O–H groups in total. The molecule has 8 atom stereocenters. The minimum absolute atomic E-state index is 0.00102. The van der Waals surface area contributed by atoms with Crippen molar-refractivity contribution in [3.63, 3.8) is 0 Å². The average molecular weight is 456 g/mol. The average Bonchev–Trinajstić information content (AvgIpc) is 3.36. The Morgan fingerprint density at radius 3 is 2.72 bits per heavy atom. The molecule has 0 aliphatic carbocycles. The van der Waals surface area contributed by atoms with E-state index in [4.69, 9.17) is 10.5 Å². The van der Waals surface area contributed by atoms with E-state index in [9.17, 15) is 9.18 Å². The van der Waals surface area contributed by atoms with Gasteiger partial charge in [0.25, 0.3) is 0 Å². The number of carbonyl (C=O) groups excluding carboxylic acids is 1. The predicted octanol–water partition coefficient (Wildman–Crippen LogP) is -3.02. The zero-order chi connectivity index (χ0) is 22.2. The monoisotopic (exact) mass is 455 g/mol. The molecule has 0 saturated carbocycles. The van der Waals surface area contributed by atoms with E-state index in [1.807, 2.05) is 6.92 Å².